The van der Waals surface area contributed by atoms with E-state index in [0.29, 0.717) is 12.8 Å². The molecule has 12 heteroatoms. The number of halogens is 5. The van der Waals surface area contributed by atoms with E-state index in [1.807, 2.05) is 0 Å². The first-order chi connectivity index (χ1) is 20.3. The van der Waals surface area contributed by atoms with Gasteiger partial charge in [-0.2, -0.15) is 0 Å². The molecule has 0 aliphatic rings. The Balaban J connectivity index is 0. The molecule has 0 rings (SSSR count). The number of alkyl halides is 5. The Kier molecular flexibility index (Phi) is 31.4. The number of ether oxygens (including phenoxy) is 2. The predicted octanol–water partition coefficient (Wildman–Crippen LogP) is 9.79. The van der Waals surface area contributed by atoms with E-state index in [0.717, 1.165) is 102 Å². The van der Waals surface area contributed by atoms with Gasteiger partial charge in [0.1, 0.15) is 4.84 Å². The lowest BCUT2D eigenvalue weighted by molar-refractivity contribution is -0.162. The van der Waals surface area contributed by atoms with Crippen LogP contribution < -0.4 is 0 Å². The zero-order valence-corrected chi connectivity index (χ0v) is 29.9. The van der Waals surface area contributed by atoms with Crippen molar-refractivity contribution in [3.63, 3.8) is 0 Å². The van der Waals surface area contributed by atoms with Crippen LogP contribution >= 0.6 is 58.0 Å². The van der Waals surface area contributed by atoms with Gasteiger partial charge in [0.15, 0.2) is 18.0 Å². The largest absolute Gasteiger partial charge is 0.479 e. The van der Waals surface area contributed by atoms with Crippen molar-refractivity contribution in [2.75, 3.05) is 5.88 Å². The second kappa shape index (κ2) is 30.2. The van der Waals surface area contributed by atoms with Crippen molar-refractivity contribution in [1.29, 1.82) is 0 Å². The smallest absolute Gasteiger partial charge is 0.344 e. The zero-order valence-electron chi connectivity index (χ0n) is 26.1. The zero-order chi connectivity index (χ0) is 33.0. The topological polar surface area (TPSA) is 107 Å². The molecule has 0 saturated carbocycles. The summed E-state index contributed by atoms with van der Waals surface area (Å²) in [7, 11) is 0. The molecule has 0 saturated heterocycles. The Morgan fingerprint density at radius 1 is 0.581 bits per heavy atom. The number of rotatable bonds is 26. The van der Waals surface area contributed by atoms with Crippen molar-refractivity contribution in [3.8, 4) is 0 Å². The lowest BCUT2D eigenvalue weighted by Gasteiger charge is -2.11. The van der Waals surface area contributed by atoms with Crippen molar-refractivity contribution in [2.24, 2.45) is 0 Å². The molecule has 0 bridgehead atoms. The minimum absolute atomic E-state index is 0.135. The van der Waals surface area contributed by atoms with Gasteiger partial charge in [-0.15, -0.1) is 58.0 Å². The molecule has 0 aromatic heterocycles. The highest BCUT2D eigenvalue weighted by atomic mass is 35.5. The van der Waals surface area contributed by atoms with E-state index < -0.39 is 24.1 Å². The molecule has 0 aromatic rings. The summed E-state index contributed by atoms with van der Waals surface area (Å²) in [6.07, 6.45) is 14.3. The van der Waals surface area contributed by atoms with Crippen molar-refractivity contribution in [1.82, 2.24) is 0 Å². The van der Waals surface area contributed by atoms with E-state index in [4.69, 9.17) is 72.6 Å². The van der Waals surface area contributed by atoms with Gasteiger partial charge in [0.2, 0.25) is 0 Å². The van der Waals surface area contributed by atoms with E-state index in [2.05, 4.69) is 0 Å². The third kappa shape index (κ3) is 32.7. The fraction of sp³-hybridized carbons (Fsp3) is 0.871. The van der Waals surface area contributed by atoms with Crippen molar-refractivity contribution < 1.29 is 33.8 Å². The maximum absolute atomic E-state index is 11.5. The minimum atomic E-state index is -1.13. The number of carboxylic acids is 1. The number of carbonyl (C=O) groups excluding carboxylic acids is 3. The van der Waals surface area contributed by atoms with Crippen molar-refractivity contribution in [3.05, 3.63) is 0 Å². The summed E-state index contributed by atoms with van der Waals surface area (Å²) in [4.78, 5) is 44.0. The molecule has 0 aromatic carbocycles. The first kappa shape index (κ1) is 44.7. The van der Waals surface area contributed by atoms with Gasteiger partial charge in [0, 0.05) is 29.5 Å². The summed E-state index contributed by atoms with van der Waals surface area (Å²) in [5.41, 5.74) is 0. The van der Waals surface area contributed by atoms with Gasteiger partial charge >= 0.3 is 17.9 Å². The summed E-state index contributed by atoms with van der Waals surface area (Å²) in [5.74, 6) is -1.31. The standard InChI is InChI=1S/C16H27Cl3O3.C15H26Cl2O4/c1-12(20)13(2)22-16(21)11-7-6-9-14(17)8-4-3-5-10-15(18)19;1-12(15(19)20)21-14(18)10-6-5-9-13(17)8-4-2-3-7-11-16/h13-15H,3-11H2,1-2H3;12-13H,2-11H2,1H3,(H,19,20). The molecular weight excluding hydrogens is 662 g/mol. The Bertz CT molecular complexity index is 739. The van der Waals surface area contributed by atoms with E-state index in [1.54, 1.807) is 6.92 Å². The Hall–Kier alpha value is -0.470. The van der Waals surface area contributed by atoms with E-state index in [9.17, 15) is 19.2 Å². The van der Waals surface area contributed by atoms with E-state index >= 15 is 0 Å². The number of carbonyl (C=O) groups is 4. The van der Waals surface area contributed by atoms with Crippen LogP contribution in [0.5, 0.6) is 0 Å². The van der Waals surface area contributed by atoms with Crippen LogP contribution in [0.25, 0.3) is 0 Å². The summed E-state index contributed by atoms with van der Waals surface area (Å²) in [6, 6.07) is 0. The average molecular weight is 715 g/mol. The lowest BCUT2D eigenvalue weighted by Crippen LogP contribution is -2.23. The maximum Gasteiger partial charge on any atom is 0.344 e. The summed E-state index contributed by atoms with van der Waals surface area (Å²) < 4.78 is 9.73. The number of unbranched alkanes of at least 4 members (excludes halogenated alkanes) is 7. The Morgan fingerprint density at radius 2 is 0.953 bits per heavy atom. The van der Waals surface area contributed by atoms with Crippen LogP contribution in [0.3, 0.4) is 0 Å². The molecule has 0 aliphatic heterocycles. The summed E-state index contributed by atoms with van der Waals surface area (Å²) in [6.45, 7) is 4.35. The Labute approximate surface area is 284 Å². The number of hydrogen-bond acceptors (Lipinski definition) is 6. The van der Waals surface area contributed by atoms with Crippen molar-refractivity contribution >= 4 is 81.7 Å². The molecule has 254 valence electrons. The SMILES string of the molecule is CC(=O)C(C)OC(=O)CCCCC(Cl)CCCCCC(Cl)Cl.CC(OC(=O)CCCCC(Cl)CCCCCCCl)C(=O)O. The fourth-order valence-corrected chi connectivity index (χ4v) is 4.97. The van der Waals surface area contributed by atoms with Crippen molar-refractivity contribution in [2.45, 2.75) is 164 Å². The molecule has 0 radical (unpaired) electrons. The van der Waals surface area contributed by atoms with Gasteiger partial charge in [0.25, 0.3) is 0 Å². The maximum atomic E-state index is 11.5. The molecule has 0 heterocycles. The number of Topliss-reactive ketones (excluding diaryl/α,β-unsaturated/α-hetero) is 1. The average Bonchev–Trinajstić information content (AvgIpc) is 2.93. The van der Waals surface area contributed by atoms with Gasteiger partial charge < -0.3 is 14.6 Å². The lowest BCUT2D eigenvalue weighted by atomic mass is 10.1. The molecule has 7 nitrogen and oxygen atoms in total. The second-order valence-corrected chi connectivity index (χ2v) is 13.7. The van der Waals surface area contributed by atoms with Crippen LogP contribution in [-0.2, 0) is 28.7 Å². The van der Waals surface area contributed by atoms with Gasteiger partial charge in [-0.25, -0.2) is 4.79 Å². The highest BCUT2D eigenvalue weighted by molar-refractivity contribution is 6.44. The number of ketones is 1. The first-order valence-corrected chi connectivity index (χ1v) is 17.8. The number of esters is 2. The van der Waals surface area contributed by atoms with Crippen LogP contribution in [0, 0.1) is 0 Å². The van der Waals surface area contributed by atoms with E-state index in [-0.39, 0.29) is 33.8 Å². The molecular formula is C31H53Cl5O7. The normalized spacial score (nSPS) is 13.8. The summed E-state index contributed by atoms with van der Waals surface area (Å²) >= 11 is 29.4. The minimum Gasteiger partial charge on any atom is -0.479 e. The van der Waals surface area contributed by atoms with E-state index in [1.165, 1.54) is 13.8 Å². The van der Waals surface area contributed by atoms with Crippen LogP contribution in [0.2, 0.25) is 0 Å². The molecule has 1 N–H and O–H groups in total. The number of hydrogen-bond donors (Lipinski definition) is 1. The van der Waals surface area contributed by atoms with Gasteiger partial charge in [-0.05, 0) is 72.1 Å². The highest BCUT2D eigenvalue weighted by Gasteiger charge is 2.16. The molecule has 0 aliphatic carbocycles. The molecule has 4 unspecified atom stereocenters. The van der Waals surface area contributed by atoms with Crippen LogP contribution in [0.4, 0.5) is 0 Å². The van der Waals surface area contributed by atoms with Crippen LogP contribution in [0.15, 0.2) is 0 Å². The third-order valence-electron chi connectivity index (χ3n) is 6.67. The Morgan fingerprint density at radius 3 is 1.35 bits per heavy atom. The quantitative estimate of drug-likeness (QED) is 0.0540. The monoisotopic (exact) mass is 712 g/mol. The fourth-order valence-electron chi connectivity index (χ4n) is 3.86. The number of aliphatic carboxylic acids is 1. The second-order valence-electron chi connectivity index (χ2n) is 10.8. The molecule has 0 spiro atoms. The predicted molar refractivity (Wildman–Crippen MR) is 178 cm³/mol. The number of carboxylic acid groups (broad SMARTS) is 1. The van der Waals surface area contributed by atoms with Crippen LogP contribution in [0.1, 0.15) is 136 Å². The highest BCUT2D eigenvalue weighted by Crippen LogP contribution is 2.19. The molecule has 43 heavy (non-hydrogen) atoms. The molecule has 0 fully saturated rings. The molecule has 0 amide bonds. The third-order valence-corrected chi connectivity index (χ3v) is 8.25. The molecule has 4 atom stereocenters. The van der Waals surface area contributed by atoms with Crippen LogP contribution in [-0.4, -0.2) is 62.5 Å². The summed E-state index contributed by atoms with van der Waals surface area (Å²) in [5, 5.41) is 8.91. The van der Waals surface area contributed by atoms with Gasteiger partial charge in [-0.1, -0.05) is 51.4 Å². The van der Waals surface area contributed by atoms with Gasteiger partial charge in [0.05, 0.1) is 0 Å². The van der Waals surface area contributed by atoms with Gasteiger partial charge in [-0.3, -0.25) is 14.4 Å². The first-order valence-electron chi connectivity index (χ1n) is 15.5.